The van der Waals surface area contributed by atoms with Gasteiger partial charge in [0, 0.05) is 22.9 Å². The lowest BCUT2D eigenvalue weighted by atomic mass is 10.1. The predicted molar refractivity (Wildman–Crippen MR) is 127 cm³/mol. The van der Waals surface area contributed by atoms with E-state index in [0.29, 0.717) is 17.3 Å². The summed E-state index contributed by atoms with van der Waals surface area (Å²) in [4.78, 5) is 27.5. The lowest BCUT2D eigenvalue weighted by Crippen LogP contribution is -2.52. The van der Waals surface area contributed by atoms with Crippen molar-refractivity contribution >= 4 is 35.2 Å². The lowest BCUT2D eigenvalue weighted by Gasteiger charge is -2.31. The molecule has 2 aromatic carbocycles. The van der Waals surface area contributed by atoms with Crippen LogP contribution in [-0.4, -0.2) is 34.0 Å². The van der Waals surface area contributed by atoms with E-state index < -0.39 is 6.04 Å². The van der Waals surface area contributed by atoms with Crippen LogP contribution in [0, 0.1) is 6.92 Å². The van der Waals surface area contributed by atoms with Gasteiger partial charge in [-0.25, -0.2) is 0 Å². The Hall–Kier alpha value is -1.98. The van der Waals surface area contributed by atoms with Gasteiger partial charge < -0.3 is 10.2 Å². The molecular formula is C24H31ClN2O2S. The van der Waals surface area contributed by atoms with Crippen LogP contribution in [0.5, 0.6) is 0 Å². The Kier molecular flexibility index (Phi) is 8.80. The Labute approximate surface area is 189 Å². The number of nitrogens with zero attached hydrogens (tertiary/aromatic N) is 1. The summed E-state index contributed by atoms with van der Waals surface area (Å²) in [5, 5.41) is 3.59. The topological polar surface area (TPSA) is 49.4 Å². The van der Waals surface area contributed by atoms with E-state index in [1.807, 2.05) is 45.0 Å². The third kappa shape index (κ3) is 8.04. The first-order chi connectivity index (χ1) is 14.0. The molecule has 0 aliphatic carbocycles. The summed E-state index contributed by atoms with van der Waals surface area (Å²) in [6.07, 6.45) is 0. The fraction of sp³-hybridized carbons (Fsp3) is 0.417. The highest BCUT2D eigenvalue weighted by atomic mass is 35.5. The van der Waals surface area contributed by atoms with Crippen LogP contribution in [0.2, 0.25) is 5.02 Å². The first-order valence-corrected chi connectivity index (χ1v) is 11.6. The van der Waals surface area contributed by atoms with E-state index in [9.17, 15) is 9.59 Å². The van der Waals surface area contributed by atoms with Gasteiger partial charge in [-0.05, 0) is 57.9 Å². The van der Waals surface area contributed by atoms with Gasteiger partial charge in [0.1, 0.15) is 6.04 Å². The third-order valence-corrected chi connectivity index (χ3v) is 5.71. The van der Waals surface area contributed by atoms with E-state index in [2.05, 4.69) is 30.4 Å². The van der Waals surface area contributed by atoms with Gasteiger partial charge in [-0.1, -0.05) is 53.6 Å². The van der Waals surface area contributed by atoms with E-state index in [1.165, 1.54) is 11.1 Å². The van der Waals surface area contributed by atoms with Crippen molar-refractivity contribution in [3.63, 3.8) is 0 Å². The molecule has 0 saturated heterocycles. The van der Waals surface area contributed by atoms with Crippen molar-refractivity contribution in [3.05, 3.63) is 70.2 Å². The summed E-state index contributed by atoms with van der Waals surface area (Å²) in [6.45, 7) is 9.95. The van der Waals surface area contributed by atoms with Crippen LogP contribution in [0.15, 0.2) is 48.5 Å². The molecular weight excluding hydrogens is 416 g/mol. The minimum atomic E-state index is -0.588. The number of aryl methyl sites for hydroxylation is 1. The summed E-state index contributed by atoms with van der Waals surface area (Å²) in [7, 11) is 0. The van der Waals surface area contributed by atoms with Crippen LogP contribution in [0.3, 0.4) is 0 Å². The number of hydrogen-bond acceptors (Lipinski definition) is 3. The Morgan fingerprint density at radius 2 is 1.77 bits per heavy atom. The quantitative estimate of drug-likeness (QED) is 0.605. The minimum Gasteiger partial charge on any atom is -0.350 e. The van der Waals surface area contributed by atoms with Gasteiger partial charge in [-0.2, -0.15) is 0 Å². The molecule has 0 aliphatic heterocycles. The molecule has 1 N–H and O–H groups in total. The van der Waals surface area contributed by atoms with Gasteiger partial charge >= 0.3 is 0 Å². The molecule has 0 unspecified atom stereocenters. The van der Waals surface area contributed by atoms with Gasteiger partial charge in [0.05, 0.1) is 5.75 Å². The molecule has 4 nitrogen and oxygen atoms in total. The summed E-state index contributed by atoms with van der Waals surface area (Å²) >= 11 is 7.67. The second-order valence-corrected chi connectivity index (χ2v) is 9.97. The van der Waals surface area contributed by atoms with Gasteiger partial charge in [0.2, 0.25) is 11.8 Å². The first-order valence-electron chi connectivity index (χ1n) is 10.0. The smallest absolute Gasteiger partial charge is 0.242 e. The molecule has 0 aliphatic rings. The van der Waals surface area contributed by atoms with Crippen molar-refractivity contribution in [2.75, 3.05) is 5.75 Å². The van der Waals surface area contributed by atoms with Gasteiger partial charge in [-0.15, -0.1) is 11.8 Å². The number of amides is 2. The van der Waals surface area contributed by atoms with Crippen LogP contribution >= 0.6 is 23.4 Å². The predicted octanol–water partition coefficient (Wildman–Crippen LogP) is 5.21. The van der Waals surface area contributed by atoms with Gasteiger partial charge in [-0.3, -0.25) is 9.59 Å². The lowest BCUT2D eigenvalue weighted by molar-refractivity contribution is -0.139. The van der Waals surface area contributed by atoms with Crippen LogP contribution in [0.25, 0.3) is 0 Å². The summed E-state index contributed by atoms with van der Waals surface area (Å²) in [5.41, 5.74) is 2.92. The first kappa shape index (κ1) is 24.3. The Morgan fingerprint density at radius 1 is 1.10 bits per heavy atom. The number of rotatable bonds is 8. The average Bonchev–Trinajstić information content (AvgIpc) is 2.64. The number of halogens is 1. The molecule has 0 radical (unpaired) electrons. The molecule has 2 aromatic rings. The maximum atomic E-state index is 13.1. The third-order valence-electron chi connectivity index (χ3n) is 4.48. The number of thioether (sulfide) groups is 1. The second kappa shape index (κ2) is 10.9. The normalized spacial score (nSPS) is 12.3. The van der Waals surface area contributed by atoms with E-state index in [4.69, 9.17) is 11.6 Å². The Balaban J connectivity index is 2.10. The van der Waals surface area contributed by atoms with Crippen LogP contribution < -0.4 is 5.32 Å². The monoisotopic (exact) mass is 446 g/mol. The highest BCUT2D eigenvalue weighted by molar-refractivity contribution is 7.99. The number of hydrogen-bond donors (Lipinski definition) is 1. The molecule has 0 saturated carbocycles. The van der Waals surface area contributed by atoms with Crippen molar-refractivity contribution in [2.24, 2.45) is 0 Å². The Morgan fingerprint density at radius 3 is 2.40 bits per heavy atom. The van der Waals surface area contributed by atoms with Crippen molar-refractivity contribution in [2.45, 2.75) is 58.5 Å². The van der Waals surface area contributed by atoms with Crippen molar-refractivity contribution in [3.8, 4) is 0 Å². The molecule has 1 atom stereocenters. The van der Waals surface area contributed by atoms with Crippen LogP contribution in [-0.2, 0) is 21.9 Å². The molecule has 162 valence electrons. The number of nitrogens with one attached hydrogen (secondary N) is 1. The largest absolute Gasteiger partial charge is 0.350 e. The molecule has 0 fully saturated rings. The fourth-order valence-electron chi connectivity index (χ4n) is 3.03. The van der Waals surface area contributed by atoms with Crippen molar-refractivity contribution < 1.29 is 9.59 Å². The molecule has 2 amide bonds. The zero-order chi connectivity index (χ0) is 22.3. The minimum absolute atomic E-state index is 0.0656. The van der Waals surface area contributed by atoms with E-state index in [-0.39, 0.29) is 17.4 Å². The van der Waals surface area contributed by atoms with E-state index in [1.54, 1.807) is 29.7 Å². The highest BCUT2D eigenvalue weighted by Crippen LogP contribution is 2.18. The van der Waals surface area contributed by atoms with Crippen LogP contribution in [0.4, 0.5) is 0 Å². The molecule has 0 heterocycles. The summed E-state index contributed by atoms with van der Waals surface area (Å²) in [6, 6.07) is 15.1. The Bertz CT molecular complexity index is 880. The fourth-order valence-corrected chi connectivity index (χ4v) is 4.10. The maximum absolute atomic E-state index is 13.1. The molecule has 0 aromatic heterocycles. The van der Waals surface area contributed by atoms with E-state index in [0.717, 1.165) is 11.3 Å². The van der Waals surface area contributed by atoms with E-state index >= 15 is 0 Å². The second-order valence-electron chi connectivity index (χ2n) is 8.55. The van der Waals surface area contributed by atoms with Crippen LogP contribution in [0.1, 0.15) is 44.4 Å². The highest BCUT2D eigenvalue weighted by Gasteiger charge is 2.28. The number of carbonyl (C=O) groups is 2. The van der Waals surface area contributed by atoms with Gasteiger partial charge in [0.25, 0.3) is 0 Å². The number of carbonyl (C=O) groups excluding carboxylic acids is 2. The standard InChI is InChI=1S/C24H31ClN2O2S/c1-17-8-6-10-20(12-17)15-30-16-22(28)27(14-19-9-7-11-21(25)13-19)18(2)23(29)26-24(3,4)5/h6-13,18H,14-16H2,1-5H3,(H,26,29)/t18-/m1/s1. The molecule has 0 bridgehead atoms. The van der Waals surface area contributed by atoms with Crippen molar-refractivity contribution in [1.29, 1.82) is 0 Å². The average molecular weight is 447 g/mol. The van der Waals surface area contributed by atoms with Gasteiger partial charge in [0.15, 0.2) is 0 Å². The van der Waals surface area contributed by atoms with Crippen molar-refractivity contribution in [1.82, 2.24) is 10.2 Å². The SMILES string of the molecule is Cc1cccc(CSCC(=O)N(Cc2cccc(Cl)c2)[C@H](C)C(=O)NC(C)(C)C)c1. The molecule has 6 heteroatoms. The molecule has 0 spiro atoms. The summed E-state index contributed by atoms with van der Waals surface area (Å²) in [5.74, 6) is 0.827. The number of benzene rings is 2. The molecule has 2 rings (SSSR count). The zero-order valence-corrected chi connectivity index (χ0v) is 19.9. The maximum Gasteiger partial charge on any atom is 0.242 e. The summed E-state index contributed by atoms with van der Waals surface area (Å²) < 4.78 is 0. The zero-order valence-electron chi connectivity index (χ0n) is 18.4. The molecule has 30 heavy (non-hydrogen) atoms.